The molecule has 0 spiro atoms. The number of nitro benzene ring substituents is 1. The zero-order valence-electron chi connectivity index (χ0n) is 17.3. The first-order chi connectivity index (χ1) is 15.4. The molecule has 0 saturated heterocycles. The smallest absolute Gasteiger partial charge is 0.311 e. The molecule has 0 amide bonds. The first-order valence-electron chi connectivity index (χ1n) is 9.18. The van der Waals surface area contributed by atoms with Gasteiger partial charge in [-0.1, -0.05) is 23.4 Å². The highest BCUT2D eigenvalue weighted by Crippen LogP contribution is 2.38. The molecule has 0 aliphatic rings. The molecule has 0 aliphatic heterocycles. The largest absolute Gasteiger partial charge is 0.490 e. The lowest BCUT2D eigenvalue weighted by molar-refractivity contribution is -0.385. The zero-order chi connectivity index (χ0) is 22.8. The molecule has 2 aromatic heterocycles. The Bertz CT molecular complexity index is 1400. The molecule has 0 unspecified atom stereocenters. The minimum atomic E-state index is -0.540. The zero-order valence-corrected chi connectivity index (χ0v) is 19.7. The molecule has 4 aromatic rings. The molecule has 0 bridgehead atoms. The standard InChI is InChI=1S/C21H15ClN6O3S.ClH/c1-27-6-5-24-21(27)32-19-4-3-13(7-15(19)22)26-20-12(10-23)11-25-16-9-18(31-2)17(28(29)30)8-14(16)20;/h3-9,11H,1-2H3,(H,25,26);1H. The van der Waals surface area contributed by atoms with E-state index in [1.165, 1.54) is 37.2 Å². The van der Waals surface area contributed by atoms with Gasteiger partial charge in [0.15, 0.2) is 10.9 Å². The molecule has 0 atom stereocenters. The number of methoxy groups -OCH3 is 1. The molecular formula is C21H16Cl2N6O3S. The lowest BCUT2D eigenvalue weighted by Crippen LogP contribution is -1.99. The van der Waals surface area contributed by atoms with E-state index in [1.807, 2.05) is 29.9 Å². The lowest BCUT2D eigenvalue weighted by atomic mass is 10.1. The number of hydrogen-bond acceptors (Lipinski definition) is 8. The minimum Gasteiger partial charge on any atom is -0.490 e. The first-order valence-corrected chi connectivity index (χ1v) is 10.4. The van der Waals surface area contributed by atoms with Gasteiger partial charge in [-0.05, 0) is 18.2 Å². The third-order valence-electron chi connectivity index (χ3n) is 4.67. The summed E-state index contributed by atoms with van der Waals surface area (Å²) in [7, 11) is 3.24. The number of ether oxygens (including phenoxy) is 1. The molecule has 4 rings (SSSR count). The van der Waals surface area contributed by atoms with Crippen LogP contribution in [0, 0.1) is 21.4 Å². The van der Waals surface area contributed by atoms with Crippen LogP contribution in [-0.2, 0) is 7.05 Å². The number of imidazole rings is 1. The Balaban J connectivity index is 0.00000306. The molecule has 9 nitrogen and oxygen atoms in total. The highest BCUT2D eigenvalue weighted by molar-refractivity contribution is 7.99. The van der Waals surface area contributed by atoms with Crippen LogP contribution in [0.15, 0.2) is 59.0 Å². The second-order valence-electron chi connectivity index (χ2n) is 6.65. The van der Waals surface area contributed by atoms with Gasteiger partial charge in [-0.15, -0.1) is 12.4 Å². The van der Waals surface area contributed by atoms with Gasteiger partial charge in [0.1, 0.15) is 6.07 Å². The molecule has 168 valence electrons. The Morgan fingerprint density at radius 3 is 2.70 bits per heavy atom. The molecule has 1 N–H and O–H groups in total. The average molecular weight is 503 g/mol. The molecule has 0 fully saturated rings. The summed E-state index contributed by atoms with van der Waals surface area (Å²) in [5.41, 5.74) is 1.46. The van der Waals surface area contributed by atoms with Gasteiger partial charge in [-0.2, -0.15) is 5.26 Å². The summed E-state index contributed by atoms with van der Waals surface area (Å²) in [6.45, 7) is 0. The number of anilines is 2. The fraction of sp³-hybridized carbons (Fsp3) is 0.0952. The highest BCUT2D eigenvalue weighted by atomic mass is 35.5. The van der Waals surface area contributed by atoms with E-state index < -0.39 is 4.92 Å². The number of aromatic nitrogens is 3. The van der Waals surface area contributed by atoms with E-state index in [4.69, 9.17) is 16.3 Å². The minimum absolute atomic E-state index is 0. The van der Waals surface area contributed by atoms with E-state index >= 15 is 0 Å². The number of halogens is 2. The van der Waals surface area contributed by atoms with Gasteiger partial charge in [-0.3, -0.25) is 15.1 Å². The van der Waals surface area contributed by atoms with Crippen molar-refractivity contribution in [3.8, 4) is 11.8 Å². The predicted octanol–water partition coefficient (Wildman–Crippen LogP) is 5.73. The number of nitro groups is 1. The molecule has 33 heavy (non-hydrogen) atoms. The summed E-state index contributed by atoms with van der Waals surface area (Å²) in [6.07, 6.45) is 4.96. The summed E-state index contributed by atoms with van der Waals surface area (Å²) >= 11 is 7.90. The number of nitrogens with zero attached hydrogens (tertiary/aromatic N) is 5. The second-order valence-corrected chi connectivity index (χ2v) is 8.07. The van der Waals surface area contributed by atoms with Gasteiger partial charge in [0.05, 0.1) is 33.8 Å². The maximum Gasteiger partial charge on any atom is 0.311 e. The Labute approximate surface area is 203 Å². The van der Waals surface area contributed by atoms with Crippen LogP contribution in [0.25, 0.3) is 10.9 Å². The number of nitriles is 1. The van der Waals surface area contributed by atoms with Gasteiger partial charge < -0.3 is 14.6 Å². The van der Waals surface area contributed by atoms with Crippen molar-refractivity contribution in [1.82, 2.24) is 14.5 Å². The summed E-state index contributed by atoms with van der Waals surface area (Å²) in [6, 6.07) is 10.3. The molecule has 0 aliphatic carbocycles. The molecule has 2 heterocycles. The summed E-state index contributed by atoms with van der Waals surface area (Å²) in [4.78, 5) is 20.3. The Morgan fingerprint density at radius 2 is 2.09 bits per heavy atom. The molecule has 0 saturated carbocycles. The van der Waals surface area contributed by atoms with Gasteiger partial charge in [0.25, 0.3) is 0 Å². The van der Waals surface area contributed by atoms with Crippen molar-refractivity contribution in [2.24, 2.45) is 7.05 Å². The number of fused-ring (bicyclic) bond motifs is 1. The Hall–Kier alpha value is -3.52. The molecule has 2 aromatic carbocycles. The number of hydrogen-bond donors (Lipinski definition) is 1. The third kappa shape index (κ3) is 4.80. The second kappa shape index (κ2) is 9.95. The predicted molar refractivity (Wildman–Crippen MR) is 129 cm³/mol. The number of rotatable bonds is 6. The maximum absolute atomic E-state index is 11.5. The molecular weight excluding hydrogens is 487 g/mol. The van der Waals surface area contributed by atoms with Crippen LogP contribution in [0.4, 0.5) is 17.1 Å². The molecule has 0 radical (unpaired) electrons. The van der Waals surface area contributed by atoms with E-state index in [0.29, 0.717) is 27.3 Å². The Kier molecular flexibility index (Phi) is 7.28. The normalized spacial score (nSPS) is 10.4. The average Bonchev–Trinajstić information content (AvgIpc) is 3.19. The van der Waals surface area contributed by atoms with Crippen molar-refractivity contribution >= 4 is 63.7 Å². The van der Waals surface area contributed by atoms with Gasteiger partial charge in [-0.25, -0.2) is 4.98 Å². The molecule has 12 heteroatoms. The van der Waals surface area contributed by atoms with Crippen molar-refractivity contribution in [1.29, 1.82) is 5.26 Å². The quantitative estimate of drug-likeness (QED) is 0.262. The monoisotopic (exact) mass is 502 g/mol. The van der Waals surface area contributed by atoms with Crippen LogP contribution in [0.3, 0.4) is 0 Å². The van der Waals surface area contributed by atoms with E-state index in [2.05, 4.69) is 21.4 Å². The number of aryl methyl sites for hydroxylation is 1. The third-order valence-corrected chi connectivity index (χ3v) is 6.24. The SMILES string of the molecule is COc1cc2ncc(C#N)c(Nc3ccc(Sc4nccn4C)c(Cl)c3)c2cc1[N+](=O)[O-].Cl. The van der Waals surface area contributed by atoms with Crippen LogP contribution >= 0.6 is 35.8 Å². The summed E-state index contributed by atoms with van der Waals surface area (Å²) in [5.74, 6) is 0.0874. The van der Waals surface area contributed by atoms with Crippen molar-refractivity contribution in [3.05, 3.63) is 69.6 Å². The first kappa shape index (κ1) is 24.1. The van der Waals surface area contributed by atoms with Crippen LogP contribution in [0.2, 0.25) is 5.02 Å². The number of benzene rings is 2. The van der Waals surface area contributed by atoms with Crippen molar-refractivity contribution in [2.75, 3.05) is 12.4 Å². The maximum atomic E-state index is 11.5. The van der Waals surface area contributed by atoms with E-state index in [-0.39, 0.29) is 29.4 Å². The number of pyridine rings is 1. The Morgan fingerprint density at radius 1 is 1.30 bits per heavy atom. The van der Waals surface area contributed by atoms with Crippen LogP contribution in [0.5, 0.6) is 5.75 Å². The van der Waals surface area contributed by atoms with Gasteiger partial charge in [0.2, 0.25) is 0 Å². The van der Waals surface area contributed by atoms with E-state index in [1.54, 1.807) is 12.3 Å². The van der Waals surface area contributed by atoms with Crippen LogP contribution in [0.1, 0.15) is 5.56 Å². The fourth-order valence-corrected chi connectivity index (χ4v) is 4.19. The van der Waals surface area contributed by atoms with Crippen LogP contribution in [-0.4, -0.2) is 26.6 Å². The lowest BCUT2D eigenvalue weighted by Gasteiger charge is -2.13. The van der Waals surface area contributed by atoms with E-state index in [0.717, 1.165) is 10.1 Å². The highest BCUT2D eigenvalue weighted by Gasteiger charge is 2.20. The summed E-state index contributed by atoms with van der Waals surface area (Å²) in [5, 5.41) is 25.9. The van der Waals surface area contributed by atoms with Crippen molar-refractivity contribution < 1.29 is 9.66 Å². The fourth-order valence-electron chi connectivity index (χ4n) is 3.09. The van der Waals surface area contributed by atoms with Gasteiger partial charge in [0, 0.05) is 53.7 Å². The van der Waals surface area contributed by atoms with Gasteiger partial charge >= 0.3 is 5.69 Å². The van der Waals surface area contributed by atoms with Crippen molar-refractivity contribution in [2.45, 2.75) is 10.1 Å². The van der Waals surface area contributed by atoms with Crippen molar-refractivity contribution in [3.63, 3.8) is 0 Å². The summed E-state index contributed by atoms with van der Waals surface area (Å²) < 4.78 is 7.00. The topological polar surface area (TPSA) is 119 Å². The van der Waals surface area contributed by atoms with E-state index in [9.17, 15) is 15.4 Å². The van der Waals surface area contributed by atoms with Crippen LogP contribution < -0.4 is 10.1 Å². The number of nitrogens with one attached hydrogen (secondary N) is 1.